The molecule has 0 atom stereocenters. The van der Waals surface area contributed by atoms with Crippen molar-refractivity contribution >= 4 is 17.4 Å². The maximum atomic E-state index is 12.5. The Labute approximate surface area is 124 Å². The number of amides is 1. The molecule has 0 spiro atoms. The second kappa shape index (κ2) is 5.95. The van der Waals surface area contributed by atoms with E-state index in [1.807, 2.05) is 42.3 Å². The maximum absolute atomic E-state index is 12.5. The summed E-state index contributed by atoms with van der Waals surface area (Å²) in [5.74, 6) is 1.01. The summed E-state index contributed by atoms with van der Waals surface area (Å²) in [6.07, 6.45) is 4.24. The van der Waals surface area contributed by atoms with Gasteiger partial charge in [0.2, 0.25) is 5.91 Å². The van der Waals surface area contributed by atoms with Gasteiger partial charge in [-0.25, -0.2) is 4.98 Å². The smallest absolute Gasteiger partial charge is 0.227 e. The second-order valence-corrected chi connectivity index (χ2v) is 5.22. The van der Waals surface area contributed by atoms with Crippen LogP contribution in [0.15, 0.2) is 42.6 Å². The van der Waals surface area contributed by atoms with Gasteiger partial charge < -0.3 is 10.2 Å². The molecule has 1 amide bonds. The molecule has 1 aromatic carbocycles. The number of benzene rings is 1. The van der Waals surface area contributed by atoms with E-state index in [-0.39, 0.29) is 5.91 Å². The summed E-state index contributed by atoms with van der Waals surface area (Å²) in [5.41, 5.74) is 3.31. The predicted octanol–water partition coefficient (Wildman–Crippen LogP) is 2.99. The molecule has 4 nitrogen and oxygen atoms in total. The van der Waals surface area contributed by atoms with E-state index in [1.165, 1.54) is 5.56 Å². The Bertz CT molecular complexity index is 654. The SMILES string of the molecule is CNc1ncccc1CN1C(=O)CCCc2ccccc21. The van der Waals surface area contributed by atoms with Gasteiger partial charge >= 0.3 is 0 Å². The zero-order valence-electron chi connectivity index (χ0n) is 12.2. The second-order valence-electron chi connectivity index (χ2n) is 5.22. The Balaban J connectivity index is 1.98. The number of anilines is 2. The molecule has 2 aromatic rings. The zero-order valence-corrected chi connectivity index (χ0v) is 12.2. The van der Waals surface area contributed by atoms with Gasteiger partial charge in [-0.15, -0.1) is 0 Å². The van der Waals surface area contributed by atoms with Crippen LogP contribution in [-0.2, 0) is 17.8 Å². The minimum atomic E-state index is 0.186. The van der Waals surface area contributed by atoms with Gasteiger partial charge in [0, 0.05) is 30.9 Å². The van der Waals surface area contributed by atoms with Gasteiger partial charge in [0.1, 0.15) is 5.82 Å². The molecule has 108 valence electrons. The maximum Gasteiger partial charge on any atom is 0.227 e. The molecule has 1 N–H and O–H groups in total. The highest BCUT2D eigenvalue weighted by atomic mass is 16.2. The van der Waals surface area contributed by atoms with Crippen LogP contribution in [0.2, 0.25) is 0 Å². The number of hydrogen-bond donors (Lipinski definition) is 1. The number of carbonyl (C=O) groups excluding carboxylic acids is 1. The standard InChI is InChI=1S/C17H19N3O/c1-18-17-14(8-5-11-19-17)12-20-15-9-3-2-6-13(15)7-4-10-16(20)21/h2-3,5-6,8-9,11H,4,7,10,12H2,1H3,(H,18,19). The highest BCUT2D eigenvalue weighted by Crippen LogP contribution is 2.29. The molecule has 0 aliphatic carbocycles. The van der Waals surface area contributed by atoms with Crippen molar-refractivity contribution in [1.82, 2.24) is 4.98 Å². The first-order valence-corrected chi connectivity index (χ1v) is 7.29. The summed E-state index contributed by atoms with van der Waals surface area (Å²) in [4.78, 5) is 18.7. The number of carbonyl (C=O) groups is 1. The molecule has 3 rings (SSSR count). The molecule has 1 aromatic heterocycles. The van der Waals surface area contributed by atoms with Crippen LogP contribution in [0.3, 0.4) is 0 Å². The molecule has 0 saturated carbocycles. The van der Waals surface area contributed by atoms with E-state index < -0.39 is 0 Å². The molecular formula is C17H19N3O. The number of nitrogens with one attached hydrogen (secondary N) is 1. The Hall–Kier alpha value is -2.36. The molecule has 0 unspecified atom stereocenters. The summed E-state index contributed by atoms with van der Waals surface area (Å²) in [5, 5.41) is 3.09. The lowest BCUT2D eigenvalue weighted by molar-refractivity contribution is -0.118. The molecule has 1 aliphatic heterocycles. The van der Waals surface area contributed by atoms with Gasteiger partial charge in [-0.2, -0.15) is 0 Å². The van der Waals surface area contributed by atoms with Crippen LogP contribution in [0.4, 0.5) is 11.5 Å². The highest BCUT2D eigenvalue weighted by Gasteiger charge is 2.22. The fourth-order valence-electron chi connectivity index (χ4n) is 2.82. The monoisotopic (exact) mass is 281 g/mol. The number of aryl methyl sites for hydroxylation is 1. The average molecular weight is 281 g/mol. The van der Waals surface area contributed by atoms with Crippen molar-refractivity contribution in [3.63, 3.8) is 0 Å². The molecule has 0 bridgehead atoms. The third-order valence-corrected chi connectivity index (χ3v) is 3.88. The van der Waals surface area contributed by atoms with Crippen molar-refractivity contribution in [1.29, 1.82) is 0 Å². The van der Waals surface area contributed by atoms with Crippen LogP contribution >= 0.6 is 0 Å². The fourth-order valence-corrected chi connectivity index (χ4v) is 2.82. The molecule has 0 radical (unpaired) electrons. The summed E-state index contributed by atoms with van der Waals surface area (Å²) in [6.45, 7) is 0.555. The minimum absolute atomic E-state index is 0.186. The number of rotatable bonds is 3. The minimum Gasteiger partial charge on any atom is -0.373 e. The van der Waals surface area contributed by atoms with E-state index in [0.717, 1.165) is 29.9 Å². The summed E-state index contributed by atoms with van der Waals surface area (Å²) in [7, 11) is 1.85. The summed E-state index contributed by atoms with van der Waals surface area (Å²) >= 11 is 0. The largest absolute Gasteiger partial charge is 0.373 e. The van der Waals surface area contributed by atoms with Crippen molar-refractivity contribution in [3.05, 3.63) is 53.7 Å². The van der Waals surface area contributed by atoms with Crippen molar-refractivity contribution in [2.45, 2.75) is 25.8 Å². The van der Waals surface area contributed by atoms with Crippen molar-refractivity contribution in [3.8, 4) is 0 Å². The van der Waals surface area contributed by atoms with E-state index in [4.69, 9.17) is 0 Å². The van der Waals surface area contributed by atoms with Gasteiger partial charge in [-0.1, -0.05) is 24.3 Å². The number of nitrogens with zero attached hydrogens (tertiary/aromatic N) is 2. The van der Waals surface area contributed by atoms with Crippen molar-refractivity contribution in [2.24, 2.45) is 0 Å². The van der Waals surface area contributed by atoms with Crippen molar-refractivity contribution in [2.75, 3.05) is 17.3 Å². The van der Waals surface area contributed by atoms with Crippen LogP contribution in [0.25, 0.3) is 0 Å². The topological polar surface area (TPSA) is 45.2 Å². The van der Waals surface area contributed by atoms with Crippen LogP contribution in [0.5, 0.6) is 0 Å². The Morgan fingerprint density at radius 3 is 2.90 bits per heavy atom. The third kappa shape index (κ3) is 2.75. The van der Waals surface area contributed by atoms with E-state index in [1.54, 1.807) is 6.20 Å². The Morgan fingerprint density at radius 2 is 2.05 bits per heavy atom. The van der Waals surface area contributed by atoms with Gasteiger partial charge in [-0.05, 0) is 30.5 Å². The Morgan fingerprint density at radius 1 is 1.19 bits per heavy atom. The predicted molar refractivity (Wildman–Crippen MR) is 84.4 cm³/mol. The van der Waals surface area contributed by atoms with Crippen LogP contribution in [0.1, 0.15) is 24.0 Å². The van der Waals surface area contributed by atoms with Gasteiger partial charge in [0.05, 0.1) is 6.54 Å². The normalized spacial score (nSPS) is 14.5. The molecule has 21 heavy (non-hydrogen) atoms. The van der Waals surface area contributed by atoms with Crippen LogP contribution < -0.4 is 10.2 Å². The lowest BCUT2D eigenvalue weighted by Gasteiger charge is -2.24. The van der Waals surface area contributed by atoms with E-state index in [0.29, 0.717) is 13.0 Å². The Kier molecular flexibility index (Phi) is 3.86. The molecule has 4 heteroatoms. The first kappa shape index (κ1) is 13.6. The molecule has 0 saturated heterocycles. The van der Waals surface area contributed by atoms with E-state index in [2.05, 4.69) is 16.4 Å². The van der Waals surface area contributed by atoms with Gasteiger partial charge in [0.25, 0.3) is 0 Å². The first-order chi connectivity index (χ1) is 10.3. The first-order valence-electron chi connectivity index (χ1n) is 7.29. The number of hydrogen-bond acceptors (Lipinski definition) is 3. The number of para-hydroxylation sites is 1. The summed E-state index contributed by atoms with van der Waals surface area (Å²) < 4.78 is 0. The van der Waals surface area contributed by atoms with Crippen molar-refractivity contribution < 1.29 is 4.79 Å². The third-order valence-electron chi connectivity index (χ3n) is 3.88. The van der Waals surface area contributed by atoms with Gasteiger partial charge in [0.15, 0.2) is 0 Å². The average Bonchev–Trinajstić information content (AvgIpc) is 2.68. The quantitative estimate of drug-likeness (QED) is 0.940. The summed E-state index contributed by atoms with van der Waals surface area (Å²) in [6, 6.07) is 12.1. The number of fused-ring (bicyclic) bond motifs is 1. The number of aromatic nitrogens is 1. The molecule has 0 fully saturated rings. The lowest BCUT2D eigenvalue weighted by atomic mass is 10.1. The molecule has 2 heterocycles. The number of pyridine rings is 1. The van der Waals surface area contributed by atoms with E-state index >= 15 is 0 Å². The van der Waals surface area contributed by atoms with Crippen LogP contribution in [-0.4, -0.2) is 17.9 Å². The van der Waals surface area contributed by atoms with Gasteiger partial charge in [-0.3, -0.25) is 4.79 Å². The zero-order chi connectivity index (χ0) is 14.7. The molecular weight excluding hydrogens is 262 g/mol. The van der Waals surface area contributed by atoms with E-state index in [9.17, 15) is 4.79 Å². The lowest BCUT2D eigenvalue weighted by Crippen LogP contribution is -2.30. The fraction of sp³-hybridized carbons (Fsp3) is 0.294. The van der Waals surface area contributed by atoms with Crippen LogP contribution in [0, 0.1) is 0 Å². The molecule has 1 aliphatic rings. The highest BCUT2D eigenvalue weighted by molar-refractivity contribution is 5.94.